The number of carbonyl (C=O) groups excluding carboxylic acids is 2. The fraction of sp³-hybridized carbons (Fsp3) is 0.250. The normalized spacial score (nSPS) is 18.1. The zero-order valence-corrected chi connectivity index (χ0v) is 20.6. The number of halogens is 4. The number of ketones is 1. The molecule has 180 valence electrons. The first-order valence-electron chi connectivity index (χ1n) is 10.2. The van der Waals surface area contributed by atoms with E-state index in [0.717, 1.165) is 18.0 Å². The highest BCUT2D eigenvalue weighted by Gasteiger charge is 2.39. The number of benzene rings is 2. The van der Waals surface area contributed by atoms with E-state index in [2.05, 4.69) is 5.32 Å². The molecule has 1 aliphatic heterocycles. The van der Waals surface area contributed by atoms with Gasteiger partial charge in [-0.2, -0.15) is 0 Å². The summed E-state index contributed by atoms with van der Waals surface area (Å²) in [6.45, 7) is 1.67. The van der Waals surface area contributed by atoms with Crippen LogP contribution in [-0.4, -0.2) is 26.7 Å². The first-order valence-corrected chi connectivity index (χ1v) is 12.9. The maximum absolute atomic E-state index is 14.0. The third-order valence-corrected chi connectivity index (χ3v) is 7.43. The second-order valence-electron chi connectivity index (χ2n) is 7.95. The van der Waals surface area contributed by atoms with Gasteiger partial charge in [0.2, 0.25) is 0 Å². The molecule has 5 nitrogen and oxygen atoms in total. The molecular weight excluding hydrogens is 507 g/mol. The summed E-state index contributed by atoms with van der Waals surface area (Å²) in [6, 6.07) is 8.07. The molecular formula is C24H21Cl2F2NO4S. The summed E-state index contributed by atoms with van der Waals surface area (Å²) in [5.74, 6) is -2.09. The van der Waals surface area contributed by atoms with E-state index in [4.69, 9.17) is 23.2 Å². The second-order valence-corrected chi connectivity index (χ2v) is 10.8. The lowest BCUT2D eigenvalue weighted by Gasteiger charge is -2.34. The van der Waals surface area contributed by atoms with Crippen LogP contribution in [0.1, 0.15) is 48.0 Å². The summed E-state index contributed by atoms with van der Waals surface area (Å²) in [7, 11) is -3.59. The number of hydrogen-bond acceptors (Lipinski definition) is 5. The van der Waals surface area contributed by atoms with Gasteiger partial charge in [-0.15, -0.1) is 0 Å². The van der Waals surface area contributed by atoms with Crippen LogP contribution in [0, 0.1) is 11.6 Å². The van der Waals surface area contributed by atoms with E-state index < -0.39 is 27.4 Å². The van der Waals surface area contributed by atoms with Crippen LogP contribution in [0.15, 0.2) is 58.3 Å². The molecule has 0 radical (unpaired) electrons. The minimum absolute atomic E-state index is 0.0330. The Morgan fingerprint density at radius 1 is 1.03 bits per heavy atom. The zero-order valence-electron chi connectivity index (χ0n) is 18.3. The molecule has 0 fully saturated rings. The molecule has 0 amide bonds. The quantitative estimate of drug-likeness (QED) is 0.514. The maximum atomic E-state index is 14.0. The zero-order chi connectivity index (χ0) is 25.2. The lowest BCUT2D eigenvalue weighted by Crippen LogP contribution is -2.33. The first-order chi connectivity index (χ1) is 15.9. The Morgan fingerprint density at radius 2 is 1.65 bits per heavy atom. The predicted molar refractivity (Wildman–Crippen MR) is 128 cm³/mol. The van der Waals surface area contributed by atoms with Gasteiger partial charge >= 0.3 is 0 Å². The van der Waals surface area contributed by atoms with Crippen LogP contribution in [0.3, 0.4) is 0 Å². The van der Waals surface area contributed by atoms with E-state index in [0.29, 0.717) is 47.9 Å². The summed E-state index contributed by atoms with van der Waals surface area (Å²) >= 11 is 11.1. The van der Waals surface area contributed by atoms with Gasteiger partial charge in [-0.05, 0) is 49.6 Å². The van der Waals surface area contributed by atoms with Crippen molar-refractivity contribution < 1.29 is 26.8 Å². The molecule has 10 heteroatoms. The van der Waals surface area contributed by atoms with E-state index in [9.17, 15) is 26.8 Å². The monoisotopic (exact) mass is 527 g/mol. The molecule has 1 unspecified atom stereocenters. The van der Waals surface area contributed by atoms with Gasteiger partial charge in [-0.1, -0.05) is 35.3 Å². The number of Topliss-reactive ketones (excluding diaryl/α,β-unsaturated/α-hetero) is 1. The molecule has 1 heterocycles. The Bertz CT molecular complexity index is 1340. The van der Waals surface area contributed by atoms with Crippen molar-refractivity contribution in [3.05, 3.63) is 91.1 Å². The SMILES string of the molecule is CC1=C(S(C)(=O)=O)C(c2ccc(Cl)c(F)c2)C2=C(CCCC2=O)N1.O=Cc1ccc(Cl)c(F)c1. The second kappa shape index (κ2) is 10.4. The van der Waals surface area contributed by atoms with Gasteiger partial charge in [0.1, 0.15) is 17.9 Å². The Kier molecular flexibility index (Phi) is 7.95. The smallest absolute Gasteiger partial charge is 0.174 e. The van der Waals surface area contributed by atoms with Crippen LogP contribution in [0.5, 0.6) is 0 Å². The number of rotatable bonds is 3. The molecule has 34 heavy (non-hydrogen) atoms. The minimum Gasteiger partial charge on any atom is -0.361 e. The number of aldehydes is 1. The Labute approximate surface area is 206 Å². The molecule has 0 saturated heterocycles. The van der Waals surface area contributed by atoms with E-state index in [-0.39, 0.29) is 20.7 Å². The fourth-order valence-electron chi connectivity index (χ4n) is 4.05. The van der Waals surface area contributed by atoms with Gasteiger partial charge in [-0.25, -0.2) is 17.2 Å². The van der Waals surface area contributed by atoms with Gasteiger partial charge in [0.25, 0.3) is 0 Å². The van der Waals surface area contributed by atoms with Gasteiger partial charge in [-0.3, -0.25) is 9.59 Å². The molecule has 2 aromatic carbocycles. The van der Waals surface area contributed by atoms with Crippen LogP contribution >= 0.6 is 23.2 Å². The van der Waals surface area contributed by atoms with Crippen LogP contribution in [-0.2, 0) is 14.6 Å². The minimum atomic E-state index is -3.59. The summed E-state index contributed by atoms with van der Waals surface area (Å²) in [5.41, 5.74) is 2.35. The van der Waals surface area contributed by atoms with Crippen molar-refractivity contribution in [2.75, 3.05) is 6.26 Å². The van der Waals surface area contributed by atoms with Crippen LogP contribution in [0.25, 0.3) is 0 Å². The van der Waals surface area contributed by atoms with Gasteiger partial charge in [0, 0.05) is 35.2 Å². The average Bonchev–Trinajstić information content (AvgIpc) is 2.76. The highest BCUT2D eigenvalue weighted by Crippen LogP contribution is 2.44. The van der Waals surface area contributed by atoms with E-state index in [1.165, 1.54) is 24.3 Å². The predicted octanol–water partition coefficient (Wildman–Crippen LogP) is 5.74. The molecule has 1 N–H and O–H groups in total. The number of nitrogens with one attached hydrogen (secondary N) is 1. The Balaban J connectivity index is 0.000000271. The van der Waals surface area contributed by atoms with Crippen molar-refractivity contribution in [2.45, 2.75) is 32.1 Å². The fourth-order valence-corrected chi connectivity index (χ4v) is 5.58. The average molecular weight is 528 g/mol. The summed E-state index contributed by atoms with van der Waals surface area (Å²) in [6.07, 6.45) is 3.42. The number of sulfone groups is 1. The Morgan fingerprint density at radius 3 is 2.21 bits per heavy atom. The van der Waals surface area contributed by atoms with E-state index in [1.54, 1.807) is 13.0 Å². The van der Waals surface area contributed by atoms with Crippen LogP contribution < -0.4 is 5.32 Å². The summed E-state index contributed by atoms with van der Waals surface area (Å²) in [4.78, 5) is 22.7. The standard InChI is InChI=1S/C17H17ClFNO3S.C7H4ClFO/c1-9-17(24(2,22)23)15(10-6-7-11(18)12(19)8-10)16-13(20-9)4-3-5-14(16)21;8-6-2-1-5(4-10)3-7(6)9/h6-8,15,20H,3-5H2,1-2H3;1-4H. The van der Waals surface area contributed by atoms with Crippen LogP contribution in [0.4, 0.5) is 8.78 Å². The Hall–Kier alpha value is -2.55. The molecule has 0 aromatic heterocycles. The lowest BCUT2D eigenvalue weighted by atomic mass is 9.79. The van der Waals surface area contributed by atoms with Gasteiger partial charge in [0.15, 0.2) is 15.6 Å². The molecule has 0 spiro atoms. The van der Waals surface area contributed by atoms with E-state index in [1.807, 2.05) is 0 Å². The molecule has 2 aliphatic rings. The van der Waals surface area contributed by atoms with Crippen molar-refractivity contribution in [3.8, 4) is 0 Å². The molecule has 0 saturated carbocycles. The van der Waals surface area contributed by atoms with Crippen molar-refractivity contribution >= 4 is 45.1 Å². The highest BCUT2D eigenvalue weighted by molar-refractivity contribution is 7.94. The lowest BCUT2D eigenvalue weighted by molar-refractivity contribution is -0.116. The van der Waals surface area contributed by atoms with Crippen LogP contribution in [0.2, 0.25) is 10.0 Å². The molecule has 4 rings (SSSR count). The third kappa shape index (κ3) is 5.56. The van der Waals surface area contributed by atoms with Crippen molar-refractivity contribution in [1.29, 1.82) is 0 Å². The van der Waals surface area contributed by atoms with Crippen molar-refractivity contribution in [3.63, 3.8) is 0 Å². The van der Waals surface area contributed by atoms with Gasteiger partial charge in [0.05, 0.1) is 20.9 Å². The number of dihydropyridines is 1. The number of hydrogen-bond donors (Lipinski definition) is 1. The maximum Gasteiger partial charge on any atom is 0.174 e. The largest absolute Gasteiger partial charge is 0.361 e. The molecule has 0 bridgehead atoms. The molecule has 2 aromatic rings. The van der Waals surface area contributed by atoms with Crippen molar-refractivity contribution in [1.82, 2.24) is 5.32 Å². The highest BCUT2D eigenvalue weighted by atomic mass is 35.5. The van der Waals surface area contributed by atoms with Crippen molar-refractivity contribution in [2.24, 2.45) is 0 Å². The van der Waals surface area contributed by atoms with E-state index >= 15 is 0 Å². The third-order valence-electron chi connectivity index (χ3n) is 5.47. The van der Waals surface area contributed by atoms with Gasteiger partial charge < -0.3 is 5.32 Å². The number of carbonyl (C=O) groups is 2. The molecule has 1 aliphatic carbocycles. The topological polar surface area (TPSA) is 80.3 Å². The summed E-state index contributed by atoms with van der Waals surface area (Å²) in [5, 5.41) is 3.06. The first kappa shape index (κ1) is 26.1. The molecule has 1 atom stereocenters. The summed E-state index contributed by atoms with van der Waals surface area (Å²) < 4.78 is 51.2. The number of allylic oxidation sites excluding steroid dienone is 4.